The van der Waals surface area contributed by atoms with Crippen LogP contribution >= 0.6 is 0 Å². The molecule has 3 rings (SSSR count). The van der Waals surface area contributed by atoms with E-state index in [9.17, 15) is 19.5 Å². The second kappa shape index (κ2) is 4.12. The number of amides is 1. The number of fused-ring (bicyclic) bond motifs is 1. The molecule has 0 spiro atoms. The van der Waals surface area contributed by atoms with Crippen LogP contribution in [0.15, 0.2) is 27.4 Å². The van der Waals surface area contributed by atoms with Crippen LogP contribution in [0.4, 0.5) is 10.5 Å². The molecule has 0 aliphatic carbocycles. The Hall–Kier alpha value is -2.77. The van der Waals surface area contributed by atoms with Crippen LogP contribution in [0.2, 0.25) is 0 Å². The van der Waals surface area contributed by atoms with Crippen LogP contribution in [0.25, 0.3) is 11.1 Å². The molecule has 20 heavy (non-hydrogen) atoms. The van der Waals surface area contributed by atoms with Crippen LogP contribution in [0.3, 0.4) is 0 Å². The number of aromatic nitrogens is 1. The van der Waals surface area contributed by atoms with Crippen molar-refractivity contribution < 1.29 is 23.8 Å². The number of rotatable bonds is 2. The number of cyclic esters (lactones) is 1. The number of hydrogen-bond donors (Lipinski definition) is 0. The maximum Gasteiger partial charge on any atom is 0.419 e. The fraction of sp³-hybridized carbons (Fsp3) is 0.250. The molecule has 8 nitrogen and oxygen atoms in total. The van der Waals surface area contributed by atoms with Crippen LogP contribution in [0.1, 0.15) is 0 Å². The Morgan fingerprint density at radius 1 is 1.40 bits per heavy atom. The summed E-state index contributed by atoms with van der Waals surface area (Å²) >= 11 is 0. The maximum atomic E-state index is 11.6. The smallest absolute Gasteiger partial charge is 0.419 e. The van der Waals surface area contributed by atoms with Gasteiger partial charge in [0, 0.05) is 13.1 Å². The number of nitrogens with zero attached hydrogens (tertiary/aromatic N) is 2. The molecular weight excluding hydrogens is 268 g/mol. The van der Waals surface area contributed by atoms with E-state index in [1.807, 2.05) is 0 Å². The molecule has 1 amide bonds. The highest BCUT2D eigenvalue weighted by atomic mass is 16.6. The zero-order valence-corrected chi connectivity index (χ0v) is 10.4. The third kappa shape index (κ3) is 1.73. The van der Waals surface area contributed by atoms with Crippen LogP contribution in [0.5, 0.6) is 0 Å². The summed E-state index contributed by atoms with van der Waals surface area (Å²) in [5.41, 5.74) is 1.27. The normalized spacial score (nSPS) is 18.6. The van der Waals surface area contributed by atoms with Gasteiger partial charge in [-0.25, -0.2) is 9.59 Å². The number of ether oxygens (including phenoxy) is 1. The van der Waals surface area contributed by atoms with Crippen molar-refractivity contribution in [3.63, 3.8) is 0 Å². The summed E-state index contributed by atoms with van der Waals surface area (Å²) in [5, 5.41) is 10.7. The van der Waals surface area contributed by atoms with E-state index in [1.165, 1.54) is 10.6 Å². The van der Waals surface area contributed by atoms with Crippen LogP contribution in [-0.4, -0.2) is 29.3 Å². The van der Waals surface area contributed by atoms with Crippen LogP contribution < -0.4 is 15.8 Å². The third-order valence-electron chi connectivity index (χ3n) is 3.16. The Morgan fingerprint density at radius 2 is 2.15 bits per heavy atom. The quantitative estimate of drug-likeness (QED) is 0.712. The van der Waals surface area contributed by atoms with Crippen molar-refractivity contribution in [3.05, 3.63) is 28.7 Å². The first-order valence-electron chi connectivity index (χ1n) is 5.76. The summed E-state index contributed by atoms with van der Waals surface area (Å²) in [4.78, 5) is 34.8. The molecule has 104 valence electrons. The first kappa shape index (κ1) is 12.3. The molecule has 1 aliphatic rings. The second-order valence-corrected chi connectivity index (χ2v) is 4.38. The number of anilines is 1. The number of benzene rings is 1. The largest absolute Gasteiger partial charge is 0.546 e. The number of hydrogen-bond acceptors (Lipinski definition) is 6. The molecule has 0 N–H and O–H groups in total. The molecule has 1 fully saturated rings. The van der Waals surface area contributed by atoms with Crippen LogP contribution in [-0.2, 0) is 16.6 Å². The standard InChI is InChI=1S/C12H10N2O6/c1-13-7-3-2-6(4-8(7)19-11(13)17)14-5-9(10(15)16)20-12(14)18/h2-4,9H,5H2,1H3,(H,15,16)/p-1. The maximum absolute atomic E-state index is 11.6. The van der Waals surface area contributed by atoms with Crippen LogP contribution in [0, 0.1) is 0 Å². The van der Waals surface area contributed by atoms with Gasteiger partial charge >= 0.3 is 11.8 Å². The molecule has 8 heteroatoms. The topological polar surface area (TPSA) is 105 Å². The zero-order chi connectivity index (χ0) is 14.4. The summed E-state index contributed by atoms with van der Waals surface area (Å²) in [6.07, 6.45) is -2.09. The third-order valence-corrected chi connectivity index (χ3v) is 3.16. The van der Waals surface area contributed by atoms with Crippen molar-refractivity contribution in [2.24, 2.45) is 7.05 Å². The number of carboxylic acid groups (broad SMARTS) is 1. The predicted octanol–water partition coefficient (Wildman–Crippen LogP) is -0.793. The first-order chi connectivity index (χ1) is 9.47. The SMILES string of the molecule is Cn1c(=O)oc2cc(N3CC(C(=O)[O-])OC3=O)ccc21. The Kier molecular flexibility index (Phi) is 2.53. The van der Waals surface area contributed by atoms with Gasteiger partial charge in [0.05, 0.1) is 23.7 Å². The monoisotopic (exact) mass is 277 g/mol. The van der Waals surface area contributed by atoms with Gasteiger partial charge < -0.3 is 19.1 Å². The van der Waals surface area contributed by atoms with Gasteiger partial charge in [-0.2, -0.15) is 0 Å². The number of carbonyl (C=O) groups excluding carboxylic acids is 2. The summed E-state index contributed by atoms with van der Waals surface area (Å²) in [6.45, 7) is -0.149. The average Bonchev–Trinajstić information content (AvgIpc) is 2.91. The second-order valence-electron chi connectivity index (χ2n) is 4.38. The van der Waals surface area contributed by atoms with Gasteiger partial charge in [0.15, 0.2) is 11.7 Å². The number of aliphatic carboxylic acids is 1. The van der Waals surface area contributed by atoms with Crippen molar-refractivity contribution in [1.29, 1.82) is 0 Å². The molecule has 1 saturated heterocycles. The molecule has 0 saturated carbocycles. The first-order valence-corrected chi connectivity index (χ1v) is 5.76. The lowest BCUT2D eigenvalue weighted by Crippen LogP contribution is -2.38. The van der Waals surface area contributed by atoms with E-state index in [0.29, 0.717) is 16.8 Å². The van der Waals surface area contributed by atoms with E-state index in [4.69, 9.17) is 4.42 Å². The number of aryl methyl sites for hydroxylation is 1. The van der Waals surface area contributed by atoms with E-state index in [-0.39, 0.29) is 6.54 Å². The summed E-state index contributed by atoms with van der Waals surface area (Å²) in [6, 6.07) is 4.67. The van der Waals surface area contributed by atoms with Crippen molar-refractivity contribution in [3.8, 4) is 0 Å². The lowest BCUT2D eigenvalue weighted by molar-refractivity contribution is -0.313. The number of carbonyl (C=O) groups is 2. The van der Waals surface area contributed by atoms with E-state index >= 15 is 0 Å². The summed E-state index contributed by atoms with van der Waals surface area (Å²) in [7, 11) is 1.56. The Balaban J connectivity index is 2.01. The van der Waals surface area contributed by atoms with Gasteiger partial charge in [-0.05, 0) is 12.1 Å². The molecule has 1 unspecified atom stereocenters. The highest BCUT2D eigenvalue weighted by molar-refractivity contribution is 5.95. The van der Waals surface area contributed by atoms with E-state index in [0.717, 1.165) is 4.90 Å². The van der Waals surface area contributed by atoms with E-state index in [1.54, 1.807) is 19.2 Å². The van der Waals surface area contributed by atoms with Crippen molar-refractivity contribution in [1.82, 2.24) is 4.57 Å². The zero-order valence-electron chi connectivity index (χ0n) is 10.4. The van der Waals surface area contributed by atoms with Gasteiger partial charge in [0.25, 0.3) is 0 Å². The van der Waals surface area contributed by atoms with E-state index in [2.05, 4.69) is 4.74 Å². The molecule has 1 aliphatic heterocycles. The fourth-order valence-corrected chi connectivity index (χ4v) is 2.09. The molecule has 1 aromatic heterocycles. The van der Waals surface area contributed by atoms with Gasteiger partial charge in [0.2, 0.25) is 0 Å². The molecule has 1 aromatic carbocycles. The Morgan fingerprint density at radius 3 is 2.80 bits per heavy atom. The minimum absolute atomic E-state index is 0.149. The highest BCUT2D eigenvalue weighted by Gasteiger charge is 2.33. The van der Waals surface area contributed by atoms with Crippen molar-refractivity contribution >= 4 is 28.8 Å². The van der Waals surface area contributed by atoms with Gasteiger partial charge in [0.1, 0.15) is 0 Å². The van der Waals surface area contributed by atoms with Gasteiger partial charge in [-0.3, -0.25) is 9.47 Å². The molecular formula is C12H9N2O6-. The number of oxazole rings is 1. The molecule has 2 aromatic rings. The fourth-order valence-electron chi connectivity index (χ4n) is 2.09. The lowest BCUT2D eigenvalue weighted by atomic mass is 10.2. The molecule has 1 atom stereocenters. The lowest BCUT2D eigenvalue weighted by Gasteiger charge is -2.12. The minimum atomic E-state index is -1.45. The Bertz CT molecular complexity index is 774. The average molecular weight is 277 g/mol. The molecule has 0 radical (unpaired) electrons. The predicted molar refractivity (Wildman–Crippen MR) is 64.1 cm³/mol. The Labute approximate surface area is 111 Å². The van der Waals surface area contributed by atoms with Gasteiger partial charge in [-0.15, -0.1) is 0 Å². The summed E-state index contributed by atoms with van der Waals surface area (Å²) in [5.74, 6) is -1.97. The molecule has 0 bridgehead atoms. The highest BCUT2D eigenvalue weighted by Crippen LogP contribution is 2.25. The number of carboxylic acids is 1. The van der Waals surface area contributed by atoms with Crippen molar-refractivity contribution in [2.75, 3.05) is 11.4 Å². The van der Waals surface area contributed by atoms with Crippen molar-refractivity contribution in [2.45, 2.75) is 6.10 Å². The molecule has 2 heterocycles. The van der Waals surface area contributed by atoms with E-state index < -0.39 is 23.9 Å². The van der Waals surface area contributed by atoms with Gasteiger partial charge in [-0.1, -0.05) is 0 Å². The summed E-state index contributed by atoms with van der Waals surface area (Å²) < 4.78 is 11.0. The minimum Gasteiger partial charge on any atom is -0.546 e.